The first-order valence-electron chi connectivity index (χ1n) is 7.99. The highest BCUT2D eigenvalue weighted by Crippen LogP contribution is 2.29. The SMILES string of the molecule is CC(=O)OC[C@H]1O[C@@H](OC(C)=O)[C@H](OC(C)=O)[C@H](OC(C)=O)[C@H]1OC(C)=O. The number of carbonyl (C=O) groups is 5. The van der Waals surface area contributed by atoms with Gasteiger partial charge in [0.1, 0.15) is 12.7 Å². The first kappa shape index (κ1) is 22.4. The monoisotopic (exact) mass is 390 g/mol. The normalized spacial score (nSPS) is 27.1. The summed E-state index contributed by atoms with van der Waals surface area (Å²) in [4.78, 5) is 57.0. The third kappa shape index (κ3) is 7.21. The molecule has 0 saturated carbocycles. The van der Waals surface area contributed by atoms with Crippen molar-refractivity contribution in [3.05, 3.63) is 0 Å². The molecule has 0 bridgehead atoms. The number of rotatable bonds is 6. The lowest BCUT2D eigenvalue weighted by Crippen LogP contribution is -2.63. The standard InChI is InChI=1S/C16H22O11/c1-7(17)22-6-12-13(23-8(2)18)14(24-9(3)19)15(25-10(4)20)16(27-12)26-11(5)21/h12-16H,6H2,1-5H3/t12-,13+,14-,15-,16-/m1/s1. The minimum atomic E-state index is -1.48. The van der Waals surface area contributed by atoms with Crippen molar-refractivity contribution >= 4 is 29.8 Å². The molecule has 5 atom stereocenters. The fraction of sp³-hybridized carbons (Fsp3) is 0.688. The first-order valence-corrected chi connectivity index (χ1v) is 7.99. The van der Waals surface area contributed by atoms with Gasteiger partial charge in [-0.25, -0.2) is 0 Å². The number of hydrogen-bond donors (Lipinski definition) is 0. The third-order valence-corrected chi connectivity index (χ3v) is 3.23. The largest absolute Gasteiger partial charge is 0.463 e. The minimum Gasteiger partial charge on any atom is -0.463 e. The van der Waals surface area contributed by atoms with Gasteiger partial charge in [0.15, 0.2) is 12.2 Å². The second kappa shape index (κ2) is 9.86. The number of ether oxygens (including phenoxy) is 6. The average molecular weight is 390 g/mol. The van der Waals surface area contributed by atoms with E-state index in [9.17, 15) is 24.0 Å². The van der Waals surface area contributed by atoms with Crippen LogP contribution in [0.3, 0.4) is 0 Å². The number of hydrogen-bond acceptors (Lipinski definition) is 11. The van der Waals surface area contributed by atoms with E-state index in [-0.39, 0.29) is 0 Å². The van der Waals surface area contributed by atoms with E-state index in [1.165, 1.54) is 0 Å². The van der Waals surface area contributed by atoms with Crippen LogP contribution >= 0.6 is 0 Å². The predicted octanol–water partition coefficient (Wildman–Crippen LogP) is -0.367. The van der Waals surface area contributed by atoms with E-state index in [0.717, 1.165) is 34.6 Å². The van der Waals surface area contributed by atoms with Crippen molar-refractivity contribution < 1.29 is 52.4 Å². The van der Waals surface area contributed by atoms with Crippen LogP contribution in [0.2, 0.25) is 0 Å². The van der Waals surface area contributed by atoms with Crippen molar-refractivity contribution in [2.24, 2.45) is 0 Å². The van der Waals surface area contributed by atoms with Gasteiger partial charge in [0.2, 0.25) is 12.4 Å². The molecule has 0 radical (unpaired) electrons. The highest BCUT2D eigenvalue weighted by molar-refractivity contribution is 5.69. The average Bonchev–Trinajstić information content (AvgIpc) is 2.49. The lowest BCUT2D eigenvalue weighted by molar-refractivity contribution is -0.300. The lowest BCUT2D eigenvalue weighted by Gasteiger charge is -2.43. The second-order valence-electron chi connectivity index (χ2n) is 5.68. The van der Waals surface area contributed by atoms with Crippen molar-refractivity contribution in [2.45, 2.75) is 65.3 Å². The predicted molar refractivity (Wildman–Crippen MR) is 83.7 cm³/mol. The molecule has 27 heavy (non-hydrogen) atoms. The van der Waals surface area contributed by atoms with Gasteiger partial charge in [-0.2, -0.15) is 0 Å². The molecule has 1 rings (SSSR count). The molecule has 0 N–H and O–H groups in total. The van der Waals surface area contributed by atoms with Crippen LogP contribution in [-0.2, 0) is 52.4 Å². The Morgan fingerprint density at radius 3 is 1.52 bits per heavy atom. The molecular weight excluding hydrogens is 368 g/mol. The van der Waals surface area contributed by atoms with Gasteiger partial charge < -0.3 is 28.4 Å². The molecule has 1 fully saturated rings. The van der Waals surface area contributed by atoms with Crippen molar-refractivity contribution in [1.29, 1.82) is 0 Å². The number of carbonyl (C=O) groups excluding carboxylic acids is 5. The zero-order chi connectivity index (χ0) is 20.7. The molecule has 0 spiro atoms. The zero-order valence-electron chi connectivity index (χ0n) is 15.6. The molecule has 0 aromatic rings. The van der Waals surface area contributed by atoms with E-state index in [1.54, 1.807) is 0 Å². The molecule has 11 heteroatoms. The van der Waals surface area contributed by atoms with Crippen LogP contribution in [-0.4, -0.2) is 67.2 Å². The molecule has 0 amide bonds. The Morgan fingerprint density at radius 2 is 1.07 bits per heavy atom. The molecule has 0 unspecified atom stereocenters. The molecular formula is C16H22O11. The molecule has 1 aliphatic heterocycles. The molecule has 1 saturated heterocycles. The summed E-state index contributed by atoms with van der Waals surface area (Å²) in [5.74, 6) is -3.71. The van der Waals surface area contributed by atoms with E-state index in [1.807, 2.05) is 0 Å². The van der Waals surface area contributed by atoms with Crippen LogP contribution in [0, 0.1) is 0 Å². The maximum atomic E-state index is 11.5. The van der Waals surface area contributed by atoms with Crippen molar-refractivity contribution in [3.8, 4) is 0 Å². The van der Waals surface area contributed by atoms with Gasteiger partial charge in [-0.05, 0) is 0 Å². The first-order chi connectivity index (χ1) is 12.5. The Bertz CT molecular complexity index is 599. The summed E-state index contributed by atoms with van der Waals surface area (Å²) in [6.07, 6.45) is -6.70. The molecule has 0 aromatic heterocycles. The molecule has 152 valence electrons. The quantitative estimate of drug-likeness (QED) is 0.433. The van der Waals surface area contributed by atoms with Gasteiger partial charge in [0, 0.05) is 34.6 Å². The Balaban J connectivity index is 3.29. The summed E-state index contributed by atoms with van der Waals surface area (Å²) in [6.45, 7) is 5.13. The van der Waals surface area contributed by atoms with E-state index in [2.05, 4.69) is 0 Å². The molecule has 1 heterocycles. The number of esters is 5. The van der Waals surface area contributed by atoms with Crippen molar-refractivity contribution in [2.75, 3.05) is 6.61 Å². The zero-order valence-corrected chi connectivity index (χ0v) is 15.6. The van der Waals surface area contributed by atoms with Crippen molar-refractivity contribution in [3.63, 3.8) is 0 Å². The van der Waals surface area contributed by atoms with Crippen LogP contribution in [0.25, 0.3) is 0 Å². The molecule has 0 aromatic carbocycles. The Morgan fingerprint density at radius 1 is 0.630 bits per heavy atom. The topological polar surface area (TPSA) is 141 Å². The van der Waals surface area contributed by atoms with Crippen LogP contribution < -0.4 is 0 Å². The molecule has 0 aliphatic carbocycles. The van der Waals surface area contributed by atoms with Gasteiger partial charge >= 0.3 is 29.8 Å². The van der Waals surface area contributed by atoms with Gasteiger partial charge in [-0.3, -0.25) is 24.0 Å². The Kier molecular flexibility index (Phi) is 8.16. The Hall–Kier alpha value is -2.69. The fourth-order valence-corrected chi connectivity index (χ4v) is 2.45. The smallest absolute Gasteiger partial charge is 0.305 e. The second-order valence-corrected chi connectivity index (χ2v) is 5.68. The van der Waals surface area contributed by atoms with Gasteiger partial charge in [0.05, 0.1) is 0 Å². The summed E-state index contributed by atoms with van der Waals surface area (Å²) in [5, 5.41) is 0. The van der Waals surface area contributed by atoms with Gasteiger partial charge in [-0.1, -0.05) is 0 Å². The minimum absolute atomic E-state index is 0.393. The lowest BCUT2D eigenvalue weighted by atomic mass is 9.98. The molecule has 1 aliphatic rings. The summed E-state index contributed by atoms with van der Waals surface area (Å²) < 4.78 is 30.8. The molecule has 11 nitrogen and oxygen atoms in total. The third-order valence-electron chi connectivity index (χ3n) is 3.23. The summed E-state index contributed by atoms with van der Waals surface area (Å²) in [6, 6.07) is 0. The highest BCUT2D eigenvalue weighted by atomic mass is 16.7. The van der Waals surface area contributed by atoms with E-state index >= 15 is 0 Å². The highest BCUT2D eigenvalue weighted by Gasteiger charge is 2.53. The van der Waals surface area contributed by atoms with Crippen LogP contribution in [0.15, 0.2) is 0 Å². The van der Waals surface area contributed by atoms with E-state index in [0.29, 0.717) is 0 Å². The van der Waals surface area contributed by atoms with Crippen LogP contribution in [0.5, 0.6) is 0 Å². The van der Waals surface area contributed by atoms with Crippen LogP contribution in [0.1, 0.15) is 34.6 Å². The summed E-state index contributed by atoms with van der Waals surface area (Å²) >= 11 is 0. The van der Waals surface area contributed by atoms with Crippen LogP contribution in [0.4, 0.5) is 0 Å². The fourth-order valence-electron chi connectivity index (χ4n) is 2.45. The maximum Gasteiger partial charge on any atom is 0.305 e. The Labute approximate surface area is 155 Å². The van der Waals surface area contributed by atoms with Gasteiger partial charge in [0.25, 0.3) is 0 Å². The van der Waals surface area contributed by atoms with Gasteiger partial charge in [-0.15, -0.1) is 0 Å². The maximum absolute atomic E-state index is 11.5. The summed E-state index contributed by atoms with van der Waals surface area (Å²) in [5.41, 5.74) is 0. The summed E-state index contributed by atoms with van der Waals surface area (Å²) in [7, 11) is 0. The van der Waals surface area contributed by atoms with E-state index < -0.39 is 67.2 Å². The van der Waals surface area contributed by atoms with E-state index in [4.69, 9.17) is 28.4 Å². The van der Waals surface area contributed by atoms with Crippen molar-refractivity contribution in [1.82, 2.24) is 0 Å².